The van der Waals surface area contributed by atoms with Crippen molar-refractivity contribution in [2.75, 3.05) is 0 Å². The molecule has 12 heavy (non-hydrogen) atoms. The Hall–Kier alpha value is -0.222. The summed E-state index contributed by atoms with van der Waals surface area (Å²) in [7, 11) is 0. The first kappa shape index (κ1) is 7.21. The van der Waals surface area contributed by atoms with Gasteiger partial charge in [0.1, 0.15) is 0 Å². The van der Waals surface area contributed by atoms with Gasteiger partial charge in [0.05, 0.1) is 0 Å². The third kappa shape index (κ3) is 1.23. The fourth-order valence-corrected chi connectivity index (χ4v) is 7.56. The summed E-state index contributed by atoms with van der Waals surface area (Å²) in [5, 5.41) is 0. The normalized spacial score (nSPS) is 25.2. The van der Waals surface area contributed by atoms with E-state index in [1.807, 2.05) is 13.1 Å². The van der Waals surface area contributed by atoms with Gasteiger partial charge in [0.25, 0.3) is 0 Å². The second-order valence-corrected chi connectivity index (χ2v) is 8.75. The standard InChI is InChI=1S/C11H13As/c1-2-4-9(3-1)12(10-5-6-10)11-7-8-11/h3,5,7H,1-2,4,6,8H2. The summed E-state index contributed by atoms with van der Waals surface area (Å²) < 4.78 is 5.56. The molecule has 0 heterocycles. The molecule has 0 amide bonds. The summed E-state index contributed by atoms with van der Waals surface area (Å²) in [4.78, 5) is 0. The first-order valence-corrected chi connectivity index (χ1v) is 7.64. The molecule has 0 spiro atoms. The molecule has 0 nitrogen and oxygen atoms in total. The second-order valence-electron chi connectivity index (χ2n) is 3.72. The van der Waals surface area contributed by atoms with Crippen LogP contribution in [0.2, 0.25) is 0 Å². The van der Waals surface area contributed by atoms with Crippen LogP contribution in [0.1, 0.15) is 32.1 Å². The Morgan fingerprint density at radius 1 is 0.917 bits per heavy atom. The molecule has 3 rings (SSSR count). The Morgan fingerprint density at radius 3 is 2.00 bits per heavy atom. The molecule has 3 aliphatic carbocycles. The molecule has 0 radical (unpaired) electrons. The molecular weight excluding hydrogens is 207 g/mol. The van der Waals surface area contributed by atoms with Gasteiger partial charge in [0, 0.05) is 0 Å². The van der Waals surface area contributed by atoms with Crippen LogP contribution < -0.4 is 0 Å². The minimum atomic E-state index is -0.698. The van der Waals surface area contributed by atoms with E-state index in [1.165, 1.54) is 32.1 Å². The van der Waals surface area contributed by atoms with E-state index in [1.54, 1.807) is 0 Å². The summed E-state index contributed by atoms with van der Waals surface area (Å²) in [6.07, 6.45) is 14.4. The number of hydrogen-bond acceptors (Lipinski definition) is 0. The van der Waals surface area contributed by atoms with Crippen LogP contribution in [-0.4, -0.2) is 14.7 Å². The molecule has 0 unspecified atom stereocenters. The quantitative estimate of drug-likeness (QED) is 0.641. The number of hydrogen-bond donors (Lipinski definition) is 0. The van der Waals surface area contributed by atoms with Gasteiger partial charge in [-0.25, -0.2) is 0 Å². The monoisotopic (exact) mass is 220 g/mol. The van der Waals surface area contributed by atoms with Crippen molar-refractivity contribution in [2.24, 2.45) is 0 Å². The summed E-state index contributed by atoms with van der Waals surface area (Å²) in [5.41, 5.74) is 0. The number of rotatable bonds is 3. The Morgan fingerprint density at radius 2 is 1.58 bits per heavy atom. The van der Waals surface area contributed by atoms with Gasteiger partial charge in [-0.15, -0.1) is 0 Å². The zero-order valence-electron chi connectivity index (χ0n) is 7.21. The molecule has 0 N–H and O–H groups in total. The molecule has 1 heteroatoms. The molecule has 0 aliphatic heterocycles. The van der Waals surface area contributed by atoms with Gasteiger partial charge in [0.15, 0.2) is 0 Å². The molecule has 0 saturated heterocycles. The third-order valence-corrected chi connectivity index (χ3v) is 8.65. The summed E-state index contributed by atoms with van der Waals surface area (Å²) >= 11 is -0.698. The van der Waals surface area contributed by atoms with Crippen LogP contribution in [0.4, 0.5) is 0 Å². The van der Waals surface area contributed by atoms with Crippen molar-refractivity contribution >= 4 is 14.7 Å². The Kier molecular flexibility index (Phi) is 1.58. The average Bonchev–Trinajstić information content (AvgIpc) is 2.95. The van der Waals surface area contributed by atoms with Crippen molar-refractivity contribution in [3.63, 3.8) is 0 Å². The van der Waals surface area contributed by atoms with Crippen molar-refractivity contribution in [1.82, 2.24) is 0 Å². The van der Waals surface area contributed by atoms with Crippen LogP contribution in [0.25, 0.3) is 0 Å². The topological polar surface area (TPSA) is 0 Å². The number of allylic oxidation sites excluding steroid dienone is 6. The first-order chi connectivity index (χ1) is 5.95. The molecule has 0 bridgehead atoms. The molecule has 62 valence electrons. The van der Waals surface area contributed by atoms with E-state index in [9.17, 15) is 0 Å². The predicted molar refractivity (Wildman–Crippen MR) is 53.1 cm³/mol. The van der Waals surface area contributed by atoms with Gasteiger partial charge < -0.3 is 0 Å². The predicted octanol–water partition coefficient (Wildman–Crippen LogP) is 2.87. The van der Waals surface area contributed by atoms with E-state index in [0.29, 0.717) is 0 Å². The van der Waals surface area contributed by atoms with E-state index in [4.69, 9.17) is 0 Å². The molecule has 0 aromatic heterocycles. The van der Waals surface area contributed by atoms with Crippen molar-refractivity contribution in [1.29, 1.82) is 0 Å². The van der Waals surface area contributed by atoms with Gasteiger partial charge in [0.2, 0.25) is 0 Å². The zero-order chi connectivity index (χ0) is 7.97. The van der Waals surface area contributed by atoms with E-state index < -0.39 is 14.7 Å². The van der Waals surface area contributed by atoms with E-state index in [2.05, 4.69) is 18.2 Å². The molecule has 0 fully saturated rings. The van der Waals surface area contributed by atoms with Gasteiger partial charge >= 0.3 is 78.1 Å². The van der Waals surface area contributed by atoms with Crippen LogP contribution in [0.5, 0.6) is 0 Å². The minimum absolute atomic E-state index is 0.698. The van der Waals surface area contributed by atoms with Crippen LogP contribution in [-0.2, 0) is 0 Å². The van der Waals surface area contributed by atoms with Gasteiger partial charge in [-0.1, -0.05) is 0 Å². The third-order valence-electron chi connectivity index (χ3n) is 2.65. The Bertz CT molecular complexity index is 287. The maximum absolute atomic E-state index is 2.54. The Labute approximate surface area is 78.3 Å². The van der Waals surface area contributed by atoms with Crippen LogP contribution in [0.3, 0.4) is 0 Å². The summed E-state index contributed by atoms with van der Waals surface area (Å²) in [6.45, 7) is 0. The van der Waals surface area contributed by atoms with E-state index >= 15 is 0 Å². The molecule has 0 aromatic rings. The molecule has 0 aromatic carbocycles. The van der Waals surface area contributed by atoms with Gasteiger partial charge in [-0.05, 0) is 0 Å². The molecule has 3 aliphatic rings. The zero-order valence-corrected chi connectivity index (χ0v) is 9.09. The van der Waals surface area contributed by atoms with Gasteiger partial charge in [-0.2, -0.15) is 0 Å². The van der Waals surface area contributed by atoms with E-state index in [-0.39, 0.29) is 0 Å². The van der Waals surface area contributed by atoms with Crippen molar-refractivity contribution in [2.45, 2.75) is 32.1 Å². The summed E-state index contributed by atoms with van der Waals surface area (Å²) in [6, 6.07) is 0. The maximum atomic E-state index is 2.54. The second kappa shape index (κ2) is 2.63. The molecular formula is C11H13As. The van der Waals surface area contributed by atoms with E-state index in [0.717, 1.165) is 0 Å². The van der Waals surface area contributed by atoms with Crippen LogP contribution >= 0.6 is 0 Å². The Balaban J connectivity index is 1.85. The average molecular weight is 220 g/mol. The first-order valence-electron chi connectivity index (χ1n) is 4.82. The van der Waals surface area contributed by atoms with Crippen molar-refractivity contribution in [3.05, 3.63) is 31.3 Å². The molecule has 0 atom stereocenters. The van der Waals surface area contributed by atoms with Crippen LogP contribution in [0.15, 0.2) is 31.3 Å². The van der Waals surface area contributed by atoms with Crippen molar-refractivity contribution < 1.29 is 0 Å². The SMILES string of the molecule is C1=C([As](C2=CC2)C2=CCCC2)C1. The summed E-state index contributed by atoms with van der Waals surface area (Å²) in [5.74, 6) is 0. The molecule has 0 saturated carbocycles. The van der Waals surface area contributed by atoms with Crippen LogP contribution in [0, 0.1) is 0 Å². The fourth-order valence-electron chi connectivity index (χ4n) is 1.87. The fraction of sp³-hybridized carbons (Fsp3) is 0.455. The van der Waals surface area contributed by atoms with Crippen molar-refractivity contribution in [3.8, 4) is 0 Å². The van der Waals surface area contributed by atoms with Gasteiger partial charge in [-0.3, -0.25) is 0 Å².